The summed E-state index contributed by atoms with van der Waals surface area (Å²) < 4.78 is 6.02. The Kier molecular flexibility index (Phi) is 5.17. The predicted molar refractivity (Wildman–Crippen MR) is 78.1 cm³/mol. The summed E-state index contributed by atoms with van der Waals surface area (Å²) in [7, 11) is 1.73. The van der Waals surface area contributed by atoms with Crippen molar-refractivity contribution in [2.24, 2.45) is 0 Å². The van der Waals surface area contributed by atoms with Crippen LogP contribution in [-0.2, 0) is 9.53 Å². The molecule has 0 aromatic rings. The Morgan fingerprint density at radius 3 is 2.55 bits per heavy atom. The zero-order chi connectivity index (χ0) is 15.6. The summed E-state index contributed by atoms with van der Waals surface area (Å²) in [5.74, 6) is 0.0146. The molecule has 0 aromatic heterocycles. The second-order valence-corrected chi connectivity index (χ2v) is 6.78. The molecule has 20 heavy (non-hydrogen) atoms. The van der Waals surface area contributed by atoms with Crippen molar-refractivity contribution < 1.29 is 9.53 Å². The van der Waals surface area contributed by atoms with E-state index < -0.39 is 0 Å². The molecule has 0 saturated carbocycles. The number of rotatable bonds is 5. The van der Waals surface area contributed by atoms with Gasteiger partial charge in [-0.05, 0) is 41.0 Å². The third-order valence-corrected chi connectivity index (χ3v) is 3.83. The molecule has 0 aromatic carbocycles. The van der Waals surface area contributed by atoms with E-state index in [1.165, 1.54) is 0 Å². The van der Waals surface area contributed by atoms with Gasteiger partial charge >= 0.3 is 0 Å². The van der Waals surface area contributed by atoms with Crippen LogP contribution in [0.5, 0.6) is 0 Å². The van der Waals surface area contributed by atoms with Gasteiger partial charge in [-0.1, -0.05) is 0 Å². The molecule has 0 spiro atoms. The van der Waals surface area contributed by atoms with Crippen LogP contribution in [0.15, 0.2) is 0 Å². The van der Waals surface area contributed by atoms with Gasteiger partial charge < -0.3 is 15.0 Å². The summed E-state index contributed by atoms with van der Waals surface area (Å²) in [6.45, 7) is 10.6. The van der Waals surface area contributed by atoms with E-state index in [-0.39, 0.29) is 29.2 Å². The van der Waals surface area contributed by atoms with Crippen LogP contribution in [0, 0.1) is 11.3 Å². The normalized spacial score (nSPS) is 24.9. The minimum atomic E-state index is -0.288. The summed E-state index contributed by atoms with van der Waals surface area (Å²) in [6.07, 6.45) is 1.24. The highest BCUT2D eigenvalue weighted by molar-refractivity contribution is 5.81. The summed E-state index contributed by atoms with van der Waals surface area (Å²) in [4.78, 5) is 13.8. The SMILES string of the molecule is C[C@H](N[C@H]1CC(C)(C)OC1(C)C)C(=O)N(C)CCC#N. The molecular weight excluding hydrogens is 254 g/mol. The van der Waals surface area contributed by atoms with Gasteiger partial charge in [0, 0.05) is 19.6 Å². The topological polar surface area (TPSA) is 65.4 Å². The Morgan fingerprint density at radius 2 is 2.10 bits per heavy atom. The lowest BCUT2D eigenvalue weighted by atomic mass is 9.94. The fourth-order valence-electron chi connectivity index (χ4n) is 2.85. The molecule has 0 bridgehead atoms. The fourth-order valence-corrected chi connectivity index (χ4v) is 2.85. The molecule has 114 valence electrons. The van der Waals surface area contributed by atoms with Gasteiger partial charge in [-0.2, -0.15) is 5.26 Å². The van der Waals surface area contributed by atoms with Gasteiger partial charge in [0.25, 0.3) is 0 Å². The Hall–Kier alpha value is -1.12. The molecule has 1 saturated heterocycles. The number of amides is 1. The molecule has 1 fully saturated rings. The third-order valence-electron chi connectivity index (χ3n) is 3.83. The number of nitrogens with one attached hydrogen (secondary N) is 1. The first-order valence-electron chi connectivity index (χ1n) is 7.17. The van der Waals surface area contributed by atoms with Gasteiger partial charge in [0.05, 0.1) is 29.7 Å². The minimum absolute atomic E-state index is 0.0146. The van der Waals surface area contributed by atoms with Gasteiger partial charge in [0.1, 0.15) is 0 Å². The molecular formula is C15H27N3O2. The largest absolute Gasteiger partial charge is 0.368 e. The first-order valence-corrected chi connectivity index (χ1v) is 7.17. The molecule has 1 rings (SSSR count). The number of hydrogen-bond acceptors (Lipinski definition) is 4. The monoisotopic (exact) mass is 281 g/mol. The Morgan fingerprint density at radius 1 is 1.50 bits per heavy atom. The van der Waals surface area contributed by atoms with E-state index in [1.54, 1.807) is 11.9 Å². The van der Waals surface area contributed by atoms with Crippen LogP contribution in [0.4, 0.5) is 0 Å². The smallest absolute Gasteiger partial charge is 0.239 e. The fraction of sp³-hybridized carbons (Fsp3) is 0.867. The number of hydrogen-bond donors (Lipinski definition) is 1. The van der Waals surface area contributed by atoms with E-state index in [9.17, 15) is 4.79 Å². The van der Waals surface area contributed by atoms with E-state index in [2.05, 4.69) is 39.1 Å². The van der Waals surface area contributed by atoms with Crippen molar-refractivity contribution in [3.05, 3.63) is 0 Å². The Bertz CT molecular complexity index is 398. The lowest BCUT2D eigenvalue weighted by Crippen LogP contribution is -2.52. The molecule has 1 heterocycles. The molecule has 1 amide bonds. The Labute approximate surface area is 122 Å². The van der Waals surface area contributed by atoms with Crippen molar-refractivity contribution in [2.75, 3.05) is 13.6 Å². The molecule has 5 nitrogen and oxygen atoms in total. The van der Waals surface area contributed by atoms with E-state index in [1.807, 2.05) is 6.92 Å². The number of ether oxygens (including phenoxy) is 1. The Balaban J connectivity index is 2.60. The lowest BCUT2D eigenvalue weighted by Gasteiger charge is -2.30. The van der Waals surface area contributed by atoms with Crippen LogP contribution in [0.2, 0.25) is 0 Å². The van der Waals surface area contributed by atoms with Gasteiger partial charge in [-0.15, -0.1) is 0 Å². The van der Waals surface area contributed by atoms with Crippen LogP contribution in [0.25, 0.3) is 0 Å². The van der Waals surface area contributed by atoms with Crippen molar-refractivity contribution in [1.29, 1.82) is 5.26 Å². The van der Waals surface area contributed by atoms with Gasteiger partial charge in [-0.25, -0.2) is 0 Å². The summed E-state index contributed by atoms with van der Waals surface area (Å²) in [6, 6.07) is 1.92. The summed E-state index contributed by atoms with van der Waals surface area (Å²) >= 11 is 0. The maximum absolute atomic E-state index is 12.2. The number of carbonyl (C=O) groups is 1. The maximum Gasteiger partial charge on any atom is 0.239 e. The molecule has 0 radical (unpaired) electrons. The standard InChI is InChI=1S/C15H27N3O2/c1-11(13(19)18(6)9-7-8-16)17-12-10-14(2,3)20-15(12,4)5/h11-12,17H,7,9-10H2,1-6H3/t11-,12-/m0/s1. The summed E-state index contributed by atoms with van der Waals surface area (Å²) in [5.41, 5.74) is -0.458. The van der Waals surface area contributed by atoms with Crippen LogP contribution in [0.3, 0.4) is 0 Å². The van der Waals surface area contributed by atoms with Crippen molar-refractivity contribution >= 4 is 5.91 Å². The lowest BCUT2D eigenvalue weighted by molar-refractivity contribution is -0.132. The summed E-state index contributed by atoms with van der Waals surface area (Å²) in [5, 5.41) is 12.0. The minimum Gasteiger partial charge on any atom is -0.368 e. The van der Waals surface area contributed by atoms with Crippen molar-refractivity contribution in [2.45, 2.75) is 70.7 Å². The number of nitriles is 1. The van der Waals surface area contributed by atoms with Crippen LogP contribution >= 0.6 is 0 Å². The van der Waals surface area contributed by atoms with Crippen molar-refractivity contribution in [3.8, 4) is 6.07 Å². The average Bonchev–Trinajstić information content (AvgIpc) is 2.52. The van der Waals surface area contributed by atoms with E-state index >= 15 is 0 Å². The molecule has 1 N–H and O–H groups in total. The average molecular weight is 281 g/mol. The molecule has 0 aliphatic carbocycles. The van der Waals surface area contributed by atoms with E-state index in [0.717, 1.165) is 6.42 Å². The first-order chi connectivity index (χ1) is 9.09. The zero-order valence-corrected chi connectivity index (χ0v) is 13.5. The van der Waals surface area contributed by atoms with Crippen LogP contribution < -0.4 is 5.32 Å². The highest BCUT2D eigenvalue weighted by Crippen LogP contribution is 2.37. The van der Waals surface area contributed by atoms with Crippen LogP contribution in [-0.4, -0.2) is 47.7 Å². The van der Waals surface area contributed by atoms with Gasteiger partial charge in [0.2, 0.25) is 5.91 Å². The highest BCUT2D eigenvalue weighted by atomic mass is 16.5. The second-order valence-electron chi connectivity index (χ2n) is 6.78. The van der Waals surface area contributed by atoms with Crippen molar-refractivity contribution in [1.82, 2.24) is 10.2 Å². The maximum atomic E-state index is 12.2. The molecule has 1 aliphatic heterocycles. The van der Waals surface area contributed by atoms with Crippen molar-refractivity contribution in [3.63, 3.8) is 0 Å². The molecule has 1 aliphatic rings. The predicted octanol–water partition coefficient (Wildman–Crippen LogP) is 1.68. The van der Waals surface area contributed by atoms with E-state index in [0.29, 0.717) is 13.0 Å². The molecule has 0 unspecified atom stereocenters. The number of likely N-dealkylation sites (N-methyl/N-ethyl adjacent to an activating group) is 1. The zero-order valence-electron chi connectivity index (χ0n) is 13.5. The molecule has 5 heteroatoms. The third kappa shape index (κ3) is 4.19. The first kappa shape index (κ1) is 16.9. The molecule has 2 atom stereocenters. The number of nitrogens with zero attached hydrogens (tertiary/aromatic N) is 2. The van der Waals surface area contributed by atoms with Crippen LogP contribution in [0.1, 0.15) is 47.5 Å². The van der Waals surface area contributed by atoms with Gasteiger partial charge in [0.15, 0.2) is 0 Å². The quantitative estimate of drug-likeness (QED) is 0.832. The second kappa shape index (κ2) is 6.11. The number of carbonyl (C=O) groups excluding carboxylic acids is 1. The highest BCUT2D eigenvalue weighted by Gasteiger charge is 2.46. The van der Waals surface area contributed by atoms with E-state index in [4.69, 9.17) is 10.00 Å². The van der Waals surface area contributed by atoms with Gasteiger partial charge in [-0.3, -0.25) is 4.79 Å².